The van der Waals surface area contributed by atoms with E-state index in [1.54, 1.807) is 18.5 Å². The summed E-state index contributed by atoms with van der Waals surface area (Å²) in [6.07, 6.45) is 5.65. The molecule has 0 saturated carbocycles. The van der Waals surface area contributed by atoms with Gasteiger partial charge < -0.3 is 10.3 Å². The van der Waals surface area contributed by atoms with Gasteiger partial charge in [-0.25, -0.2) is 9.37 Å². The first kappa shape index (κ1) is 24.5. The molecule has 2 aromatic carbocycles. The van der Waals surface area contributed by atoms with Crippen molar-refractivity contribution in [2.75, 3.05) is 5.32 Å². The van der Waals surface area contributed by atoms with Gasteiger partial charge in [0.25, 0.3) is 0 Å². The van der Waals surface area contributed by atoms with E-state index in [0.29, 0.717) is 29.0 Å². The number of fused-ring (bicyclic) bond motifs is 2. The zero-order valence-corrected chi connectivity index (χ0v) is 21.7. The number of aryl methyl sites for hydroxylation is 1. The molecule has 0 saturated heterocycles. The Kier molecular flexibility index (Phi) is 6.36. The number of pyridine rings is 2. The van der Waals surface area contributed by atoms with Crippen LogP contribution in [0, 0.1) is 12.7 Å². The van der Waals surface area contributed by atoms with Crippen LogP contribution in [0.4, 0.5) is 10.1 Å². The summed E-state index contributed by atoms with van der Waals surface area (Å²) in [5.41, 5.74) is 8.69. The highest BCUT2D eigenvalue weighted by atomic mass is 19.1. The lowest BCUT2D eigenvalue weighted by atomic mass is 10.00. The Morgan fingerprint density at radius 2 is 1.90 bits per heavy atom. The molecule has 3 N–H and O–H groups in total. The van der Waals surface area contributed by atoms with Gasteiger partial charge in [-0.1, -0.05) is 31.5 Å². The molecule has 1 amide bonds. The van der Waals surface area contributed by atoms with Crippen molar-refractivity contribution in [3.05, 3.63) is 84.4 Å². The van der Waals surface area contributed by atoms with Gasteiger partial charge in [-0.2, -0.15) is 5.10 Å². The lowest BCUT2D eigenvalue weighted by Gasteiger charge is -2.07. The summed E-state index contributed by atoms with van der Waals surface area (Å²) >= 11 is 0. The van der Waals surface area contributed by atoms with Crippen LogP contribution in [0.3, 0.4) is 0 Å². The van der Waals surface area contributed by atoms with Crippen LogP contribution in [0.15, 0.2) is 73.1 Å². The maximum atomic E-state index is 14.2. The highest BCUT2D eigenvalue weighted by Crippen LogP contribution is 2.35. The second kappa shape index (κ2) is 10.1. The summed E-state index contributed by atoms with van der Waals surface area (Å²) < 4.78 is 14.2. The molecule has 39 heavy (non-hydrogen) atoms. The molecule has 0 aliphatic heterocycles. The number of amides is 1. The van der Waals surface area contributed by atoms with E-state index in [2.05, 4.69) is 32.4 Å². The molecule has 0 unspecified atom stereocenters. The quantitative estimate of drug-likeness (QED) is 0.205. The molecule has 0 aliphatic rings. The van der Waals surface area contributed by atoms with E-state index in [4.69, 9.17) is 4.98 Å². The van der Waals surface area contributed by atoms with Crippen LogP contribution < -0.4 is 5.32 Å². The summed E-state index contributed by atoms with van der Waals surface area (Å²) in [7, 11) is 0. The molecule has 7 nitrogen and oxygen atoms in total. The number of anilines is 1. The van der Waals surface area contributed by atoms with Crippen molar-refractivity contribution in [2.24, 2.45) is 0 Å². The van der Waals surface area contributed by atoms with E-state index in [9.17, 15) is 9.18 Å². The summed E-state index contributed by atoms with van der Waals surface area (Å²) in [5.74, 6) is -0.283. The van der Waals surface area contributed by atoms with Gasteiger partial charge in [0, 0.05) is 29.1 Å². The second-order valence-corrected chi connectivity index (χ2v) is 9.75. The Labute approximate surface area is 224 Å². The van der Waals surface area contributed by atoms with E-state index in [1.165, 1.54) is 6.07 Å². The minimum atomic E-state index is -0.258. The zero-order valence-electron chi connectivity index (χ0n) is 21.7. The molecular formula is C31H27FN6O. The monoisotopic (exact) mass is 518 g/mol. The molecule has 0 fully saturated rings. The normalized spacial score (nSPS) is 11.4. The minimum absolute atomic E-state index is 0.0251. The average Bonchev–Trinajstić information content (AvgIpc) is 3.55. The fourth-order valence-corrected chi connectivity index (χ4v) is 4.88. The Morgan fingerprint density at radius 1 is 1.00 bits per heavy atom. The topological polar surface area (TPSA) is 99.4 Å². The number of unbranched alkanes of at least 4 members (excludes halogenated alkanes) is 1. The Balaban J connectivity index is 1.38. The van der Waals surface area contributed by atoms with Crippen LogP contribution in [0.1, 0.15) is 31.7 Å². The minimum Gasteiger partial charge on any atom is -0.353 e. The molecule has 0 aliphatic carbocycles. The third-order valence-corrected chi connectivity index (χ3v) is 6.76. The molecule has 194 valence electrons. The highest BCUT2D eigenvalue weighted by molar-refractivity contribution is 6.00. The van der Waals surface area contributed by atoms with Gasteiger partial charge in [-0.05, 0) is 72.5 Å². The van der Waals surface area contributed by atoms with Gasteiger partial charge in [0.15, 0.2) is 0 Å². The van der Waals surface area contributed by atoms with Gasteiger partial charge in [0.1, 0.15) is 17.0 Å². The number of carbonyl (C=O) groups is 1. The summed E-state index contributed by atoms with van der Waals surface area (Å²) in [6.45, 7) is 3.95. The van der Waals surface area contributed by atoms with Crippen LogP contribution in [0.5, 0.6) is 0 Å². The number of aromatic amines is 2. The summed E-state index contributed by atoms with van der Waals surface area (Å²) in [4.78, 5) is 24.9. The number of nitrogens with one attached hydrogen (secondary N) is 3. The van der Waals surface area contributed by atoms with Gasteiger partial charge in [-0.15, -0.1) is 0 Å². The third kappa shape index (κ3) is 4.88. The van der Waals surface area contributed by atoms with Crippen molar-refractivity contribution in [2.45, 2.75) is 33.1 Å². The summed E-state index contributed by atoms with van der Waals surface area (Å²) in [6, 6.07) is 18.8. The number of nitrogens with zero attached hydrogens (tertiary/aromatic N) is 3. The Hall–Kier alpha value is -4.85. The number of hydrogen-bond acceptors (Lipinski definition) is 4. The van der Waals surface area contributed by atoms with Crippen LogP contribution in [0.2, 0.25) is 0 Å². The van der Waals surface area contributed by atoms with Crippen LogP contribution in [-0.4, -0.2) is 31.1 Å². The standard InChI is InChI=1S/C31H27FN6O/c1-3-4-8-29(39)34-22-14-20(16-33-17-22)25-9-10-27-30(36-25)31(38-37-27)28-15-24-23(6-5-7-26(24)35-28)19-11-18(2)12-21(32)13-19/h5-7,9-17,35H,3-4,8H2,1-2H3,(H,34,39)(H,37,38). The maximum Gasteiger partial charge on any atom is 0.224 e. The van der Waals surface area contributed by atoms with Crippen molar-refractivity contribution >= 4 is 33.5 Å². The predicted molar refractivity (Wildman–Crippen MR) is 153 cm³/mol. The molecule has 8 heteroatoms. The molecule has 0 spiro atoms. The number of halogens is 1. The Morgan fingerprint density at radius 3 is 2.74 bits per heavy atom. The molecule has 6 rings (SSSR count). The third-order valence-electron chi connectivity index (χ3n) is 6.76. The first-order valence-corrected chi connectivity index (χ1v) is 13.0. The fourth-order valence-electron chi connectivity index (χ4n) is 4.88. The Bertz CT molecular complexity index is 1820. The van der Waals surface area contributed by atoms with Gasteiger partial charge in [0.05, 0.1) is 28.8 Å². The van der Waals surface area contributed by atoms with E-state index in [-0.39, 0.29) is 11.7 Å². The molecule has 6 aromatic rings. The van der Waals surface area contributed by atoms with Gasteiger partial charge in [-0.3, -0.25) is 14.9 Å². The molecular weight excluding hydrogens is 491 g/mol. The van der Waals surface area contributed by atoms with Crippen molar-refractivity contribution in [1.29, 1.82) is 0 Å². The smallest absolute Gasteiger partial charge is 0.224 e. The van der Waals surface area contributed by atoms with Gasteiger partial charge in [0.2, 0.25) is 5.91 Å². The molecule has 4 aromatic heterocycles. The fraction of sp³-hybridized carbons (Fsp3) is 0.161. The van der Waals surface area contributed by atoms with E-state index < -0.39 is 0 Å². The highest BCUT2D eigenvalue weighted by Gasteiger charge is 2.16. The largest absolute Gasteiger partial charge is 0.353 e. The van der Waals surface area contributed by atoms with Crippen LogP contribution in [0.25, 0.3) is 55.7 Å². The number of rotatable bonds is 7. The number of H-pyrrole nitrogens is 2. The average molecular weight is 519 g/mol. The van der Waals surface area contributed by atoms with Crippen LogP contribution >= 0.6 is 0 Å². The molecule has 0 atom stereocenters. The number of carbonyl (C=O) groups excluding carboxylic acids is 1. The molecule has 0 bridgehead atoms. The maximum absolute atomic E-state index is 14.2. The van der Waals surface area contributed by atoms with Crippen molar-refractivity contribution in [1.82, 2.24) is 25.1 Å². The predicted octanol–water partition coefficient (Wildman–Crippen LogP) is 7.41. The van der Waals surface area contributed by atoms with Crippen molar-refractivity contribution < 1.29 is 9.18 Å². The second-order valence-electron chi connectivity index (χ2n) is 9.75. The SMILES string of the molecule is CCCCC(=O)Nc1cncc(-c2ccc3[nH]nc(-c4cc5c(-c6cc(C)cc(F)c6)cccc5[nH]4)c3n2)c1. The first-order chi connectivity index (χ1) is 19.0. The lowest BCUT2D eigenvalue weighted by Crippen LogP contribution is -2.11. The number of aromatic nitrogens is 5. The number of hydrogen-bond donors (Lipinski definition) is 3. The lowest BCUT2D eigenvalue weighted by molar-refractivity contribution is -0.116. The van der Waals surface area contributed by atoms with Crippen LogP contribution in [-0.2, 0) is 4.79 Å². The van der Waals surface area contributed by atoms with Crippen molar-refractivity contribution in [3.8, 4) is 33.8 Å². The molecule has 4 heterocycles. The van der Waals surface area contributed by atoms with Crippen molar-refractivity contribution in [3.63, 3.8) is 0 Å². The van der Waals surface area contributed by atoms with Gasteiger partial charge >= 0.3 is 0 Å². The van der Waals surface area contributed by atoms with E-state index in [0.717, 1.165) is 57.2 Å². The van der Waals surface area contributed by atoms with E-state index in [1.807, 2.05) is 55.5 Å². The van der Waals surface area contributed by atoms with E-state index >= 15 is 0 Å². The summed E-state index contributed by atoms with van der Waals surface area (Å²) in [5, 5.41) is 11.5. The number of benzene rings is 2. The zero-order chi connectivity index (χ0) is 26.9. The first-order valence-electron chi connectivity index (χ1n) is 13.0. The molecule has 0 radical (unpaired) electrons.